The molecule has 0 heterocycles. The maximum absolute atomic E-state index is 12.5. The maximum atomic E-state index is 12.5. The van der Waals surface area contributed by atoms with Crippen LogP contribution in [0.25, 0.3) is 10.8 Å². The molecule has 0 saturated heterocycles. The van der Waals surface area contributed by atoms with E-state index >= 15 is 0 Å². The molecule has 4 nitrogen and oxygen atoms in total. The van der Waals surface area contributed by atoms with E-state index in [1.807, 2.05) is 30.3 Å². The molecule has 0 radical (unpaired) electrons. The van der Waals surface area contributed by atoms with Gasteiger partial charge in [-0.2, -0.15) is 5.10 Å². The third-order valence-corrected chi connectivity index (χ3v) is 7.84. The lowest BCUT2D eigenvalue weighted by Gasteiger charge is -2.15. The Hall–Kier alpha value is -2.66. The number of hydrogen-bond acceptors (Lipinski definition) is 3. The maximum Gasteiger partial charge on any atom is 0.244 e. The molecule has 0 aromatic heterocycles. The molecule has 164 valence electrons. The molecule has 32 heavy (non-hydrogen) atoms. The van der Waals surface area contributed by atoms with Crippen LogP contribution in [0.2, 0.25) is 0 Å². The second-order valence-electron chi connectivity index (χ2n) is 9.19. The van der Waals surface area contributed by atoms with Gasteiger partial charge in [0.25, 0.3) is 0 Å². The van der Waals surface area contributed by atoms with Crippen LogP contribution in [0.5, 0.6) is 5.75 Å². The van der Waals surface area contributed by atoms with Crippen molar-refractivity contribution in [1.29, 1.82) is 0 Å². The smallest absolute Gasteiger partial charge is 0.244 e. The number of hydrazone groups is 1. The molecule has 5 rings (SSSR count). The molecular formula is C27H27BrN2O2. The van der Waals surface area contributed by atoms with E-state index in [-0.39, 0.29) is 17.2 Å². The number of carbonyl (C=O) groups excluding carboxylic acids is 1. The number of halogens is 1. The van der Waals surface area contributed by atoms with E-state index < -0.39 is 0 Å². The minimum atomic E-state index is 0.0600. The summed E-state index contributed by atoms with van der Waals surface area (Å²) >= 11 is 3.60. The first kappa shape index (κ1) is 21.2. The van der Waals surface area contributed by atoms with Crippen molar-refractivity contribution >= 4 is 38.8 Å². The summed E-state index contributed by atoms with van der Waals surface area (Å²) in [5.74, 6) is 1.50. The monoisotopic (exact) mass is 490 g/mol. The Balaban J connectivity index is 1.19. The number of amides is 1. The molecule has 3 aromatic rings. The van der Waals surface area contributed by atoms with Crippen LogP contribution in [0.4, 0.5) is 0 Å². The first-order valence-electron chi connectivity index (χ1n) is 11.3. The Morgan fingerprint density at radius 1 is 1.19 bits per heavy atom. The molecule has 1 N–H and O–H groups in total. The molecule has 2 aliphatic carbocycles. The van der Waals surface area contributed by atoms with Gasteiger partial charge in [-0.05, 0) is 80.2 Å². The van der Waals surface area contributed by atoms with Crippen LogP contribution in [-0.4, -0.2) is 12.1 Å². The van der Waals surface area contributed by atoms with E-state index in [9.17, 15) is 4.79 Å². The lowest BCUT2D eigenvalue weighted by Crippen LogP contribution is -2.22. The van der Waals surface area contributed by atoms with Gasteiger partial charge in [0.2, 0.25) is 5.91 Å². The van der Waals surface area contributed by atoms with Crippen LogP contribution in [0, 0.1) is 17.3 Å². The number of hydrogen-bond donors (Lipinski definition) is 1. The Kier molecular flexibility index (Phi) is 5.76. The van der Waals surface area contributed by atoms with Gasteiger partial charge in [0.1, 0.15) is 12.4 Å². The number of nitrogens with zero attached hydrogens (tertiary/aromatic N) is 1. The van der Waals surface area contributed by atoms with Crippen molar-refractivity contribution in [3.63, 3.8) is 0 Å². The molecule has 0 unspecified atom stereocenters. The number of carbonyl (C=O) groups is 1. The van der Waals surface area contributed by atoms with Crippen LogP contribution in [0.1, 0.15) is 43.7 Å². The fraction of sp³-hybridized carbons (Fsp3) is 0.333. The van der Waals surface area contributed by atoms with Crippen molar-refractivity contribution in [3.05, 3.63) is 76.3 Å². The predicted molar refractivity (Wildman–Crippen MR) is 132 cm³/mol. The van der Waals surface area contributed by atoms with Crippen molar-refractivity contribution in [2.75, 3.05) is 0 Å². The van der Waals surface area contributed by atoms with Gasteiger partial charge in [-0.15, -0.1) is 0 Å². The van der Waals surface area contributed by atoms with Crippen molar-refractivity contribution in [1.82, 2.24) is 5.43 Å². The van der Waals surface area contributed by atoms with E-state index in [2.05, 4.69) is 63.7 Å². The zero-order valence-electron chi connectivity index (χ0n) is 18.2. The number of nitrogens with one attached hydrogen (secondary N) is 1. The zero-order valence-corrected chi connectivity index (χ0v) is 19.8. The highest BCUT2D eigenvalue weighted by Gasteiger charge is 2.64. The van der Waals surface area contributed by atoms with Crippen LogP contribution in [-0.2, 0) is 11.4 Å². The highest BCUT2D eigenvalue weighted by molar-refractivity contribution is 9.10. The predicted octanol–water partition coefficient (Wildman–Crippen LogP) is 6.46. The third-order valence-electron chi connectivity index (χ3n) is 7.22. The first-order chi connectivity index (χ1) is 15.6. The molecule has 2 aliphatic rings. The van der Waals surface area contributed by atoms with Crippen molar-refractivity contribution in [3.8, 4) is 5.75 Å². The van der Waals surface area contributed by atoms with Crippen LogP contribution >= 0.6 is 15.9 Å². The normalized spacial score (nSPS) is 24.3. The van der Waals surface area contributed by atoms with Gasteiger partial charge in [-0.25, -0.2) is 5.43 Å². The van der Waals surface area contributed by atoms with Crippen LogP contribution < -0.4 is 10.2 Å². The molecule has 0 spiro atoms. The number of ether oxygens (including phenoxy) is 1. The number of fused-ring (bicyclic) bond motifs is 2. The quantitative estimate of drug-likeness (QED) is 0.318. The summed E-state index contributed by atoms with van der Waals surface area (Å²) in [6.07, 6.45) is 6.50. The van der Waals surface area contributed by atoms with Gasteiger partial charge in [-0.1, -0.05) is 62.2 Å². The largest absolute Gasteiger partial charge is 0.488 e. The van der Waals surface area contributed by atoms with Crippen molar-refractivity contribution in [2.24, 2.45) is 22.4 Å². The standard InChI is InChI=1S/C27H27BrN2O2/c1-27-14-5-4-11-22(27)25(27)26(31)30-29-16-18-12-13-24(23(28)15-18)32-17-20-9-6-8-19-7-2-3-10-21(19)20/h2-3,6-10,12-13,15-16,22,25H,4-5,11,14,17H2,1H3,(H,30,31)/b29-16-/t22-,25-,27+/m1/s1. The average molecular weight is 491 g/mol. The lowest BCUT2D eigenvalue weighted by atomic mass is 9.90. The first-order valence-corrected chi connectivity index (χ1v) is 12.1. The van der Waals surface area contributed by atoms with Crippen molar-refractivity contribution < 1.29 is 9.53 Å². The summed E-state index contributed by atoms with van der Waals surface area (Å²) in [6, 6.07) is 20.4. The molecular weight excluding hydrogens is 464 g/mol. The lowest BCUT2D eigenvalue weighted by molar-refractivity contribution is -0.123. The zero-order chi connectivity index (χ0) is 22.1. The Morgan fingerprint density at radius 3 is 2.84 bits per heavy atom. The summed E-state index contributed by atoms with van der Waals surface area (Å²) in [5.41, 5.74) is 5.00. The summed E-state index contributed by atoms with van der Waals surface area (Å²) < 4.78 is 6.93. The Bertz CT molecular complexity index is 1190. The van der Waals surface area contributed by atoms with E-state index in [0.29, 0.717) is 12.5 Å². The highest BCUT2D eigenvalue weighted by atomic mass is 79.9. The number of rotatable bonds is 6. The second kappa shape index (κ2) is 8.70. The van der Waals surface area contributed by atoms with E-state index in [1.54, 1.807) is 6.21 Å². The van der Waals surface area contributed by atoms with Crippen LogP contribution in [0.15, 0.2) is 70.2 Å². The minimum absolute atomic E-state index is 0.0600. The molecule has 3 atom stereocenters. The van der Waals surface area contributed by atoms with Gasteiger partial charge in [0.05, 0.1) is 10.7 Å². The summed E-state index contributed by atoms with van der Waals surface area (Å²) in [5, 5.41) is 6.62. The van der Waals surface area contributed by atoms with Gasteiger partial charge in [-0.3, -0.25) is 4.79 Å². The summed E-state index contributed by atoms with van der Waals surface area (Å²) in [6.45, 7) is 2.74. The van der Waals surface area contributed by atoms with Gasteiger partial charge >= 0.3 is 0 Å². The van der Waals surface area contributed by atoms with Gasteiger partial charge < -0.3 is 4.74 Å². The molecule has 0 bridgehead atoms. The summed E-state index contributed by atoms with van der Waals surface area (Å²) in [4.78, 5) is 12.5. The van der Waals surface area contributed by atoms with Crippen molar-refractivity contribution in [2.45, 2.75) is 39.2 Å². The number of benzene rings is 3. The molecule has 0 aliphatic heterocycles. The Labute approximate surface area is 197 Å². The molecule has 2 saturated carbocycles. The second-order valence-corrected chi connectivity index (χ2v) is 10.0. The van der Waals surface area contributed by atoms with E-state index in [4.69, 9.17) is 4.74 Å². The fourth-order valence-electron chi connectivity index (χ4n) is 5.38. The average Bonchev–Trinajstić information content (AvgIpc) is 3.44. The van der Waals surface area contributed by atoms with Gasteiger partial charge in [0, 0.05) is 5.92 Å². The molecule has 1 amide bonds. The van der Waals surface area contributed by atoms with Gasteiger partial charge in [0.15, 0.2) is 0 Å². The van der Waals surface area contributed by atoms with Crippen LogP contribution in [0.3, 0.4) is 0 Å². The Morgan fingerprint density at radius 2 is 2.03 bits per heavy atom. The fourth-order valence-corrected chi connectivity index (χ4v) is 5.89. The topological polar surface area (TPSA) is 50.7 Å². The van der Waals surface area contributed by atoms with E-state index in [0.717, 1.165) is 27.8 Å². The summed E-state index contributed by atoms with van der Waals surface area (Å²) in [7, 11) is 0. The van der Waals surface area contributed by atoms with E-state index in [1.165, 1.54) is 30.0 Å². The minimum Gasteiger partial charge on any atom is -0.488 e. The SMILES string of the molecule is C[C@]12CCCC[C@@H]1[C@@H]2C(=O)N/N=C\c1ccc(OCc2cccc3ccccc23)c(Br)c1. The third kappa shape index (κ3) is 4.06. The molecule has 3 aromatic carbocycles. The molecule has 2 fully saturated rings. The molecule has 5 heteroatoms. The highest BCUT2D eigenvalue weighted by Crippen LogP contribution is 2.66.